The number of nitrogens with zero attached hydrogens (tertiary/aromatic N) is 1. The van der Waals surface area contributed by atoms with Crippen LogP contribution in [0.25, 0.3) is 33.4 Å². The van der Waals surface area contributed by atoms with Gasteiger partial charge in [-0.05, 0) is 93.1 Å². The fourth-order valence-corrected chi connectivity index (χ4v) is 11.4. The molecular formula is C37H35N3O15S5. The molecule has 0 aromatic heterocycles. The van der Waals surface area contributed by atoms with Crippen LogP contribution in [-0.2, 0) is 50.5 Å². The van der Waals surface area contributed by atoms with Gasteiger partial charge in [0.2, 0.25) is 10.0 Å². The molecule has 18 nitrogen and oxygen atoms in total. The third kappa shape index (κ3) is 8.20. The van der Waals surface area contributed by atoms with Crippen LogP contribution in [0.5, 0.6) is 0 Å². The van der Waals surface area contributed by atoms with Gasteiger partial charge in [-0.25, -0.2) is 18.5 Å². The minimum Gasteiger partial charge on any atom is -0.456 e. The minimum atomic E-state index is -5.26. The van der Waals surface area contributed by atoms with Crippen LogP contribution in [-0.4, -0.2) is 60.3 Å². The molecule has 0 bridgehead atoms. The van der Waals surface area contributed by atoms with Crippen molar-refractivity contribution in [1.29, 1.82) is 0 Å². The fraction of sp³-hybridized carbons (Fsp3) is 0.162. The molecule has 23 heteroatoms. The smallest absolute Gasteiger partial charge is 0.296 e. The number of hydrogen-bond acceptors (Lipinski definition) is 13. The summed E-state index contributed by atoms with van der Waals surface area (Å²) in [5.74, 6) is -0.271. The maximum atomic E-state index is 13.1. The summed E-state index contributed by atoms with van der Waals surface area (Å²) in [4.78, 5) is 1.14. The summed E-state index contributed by atoms with van der Waals surface area (Å²) in [6.07, 6.45) is 0. The average molecular weight is 922 g/mol. The molecule has 1 aliphatic carbocycles. The Morgan fingerprint density at radius 2 is 1.13 bits per heavy atom. The van der Waals surface area contributed by atoms with E-state index in [0.29, 0.717) is 11.1 Å². The molecule has 0 saturated carbocycles. The lowest BCUT2D eigenvalue weighted by molar-refractivity contribution is 0.479. The first-order valence-corrected chi connectivity index (χ1v) is 24.4. The zero-order chi connectivity index (χ0) is 44.8. The molecule has 0 unspecified atom stereocenters. The van der Waals surface area contributed by atoms with Crippen LogP contribution in [0.3, 0.4) is 0 Å². The second-order valence-corrected chi connectivity index (χ2v) is 21.0. The van der Waals surface area contributed by atoms with E-state index in [9.17, 15) is 60.3 Å². The molecule has 0 saturated heterocycles. The molecule has 0 spiro atoms. The Kier molecular flexibility index (Phi) is 11.0. The highest BCUT2D eigenvalue weighted by molar-refractivity contribution is 7.89. The topological polar surface area (TPSA) is 315 Å². The van der Waals surface area contributed by atoms with Crippen LogP contribution in [0.4, 0.5) is 17.1 Å². The first-order valence-electron chi connectivity index (χ1n) is 17.1. The van der Waals surface area contributed by atoms with Gasteiger partial charge in [0.05, 0.1) is 21.6 Å². The standard InChI is InChI=1S/C37H35N3O15S5/c1-17-11-19(3)36(59(49,50)51)21(5)34(17)39-26-15-28-24(13-31(26)57(43,44)45)33(23-9-7-8-10-30(23)56(38,41)42)25-14-32(58(46,47)48)27(16-29(25)55-28)40-35-18(2)12-20(4)37(22(35)6)60(52,53)54/h7-16,39H,1-6H3,(H2,38,41,42)(H,43,44,45)(H,46,47,48)(H,49,50,51)(H,52,53,54). The number of rotatable bonds is 9. The molecule has 1 heterocycles. The third-order valence-electron chi connectivity index (χ3n) is 9.69. The van der Waals surface area contributed by atoms with Gasteiger partial charge >= 0.3 is 0 Å². The molecule has 4 aromatic rings. The summed E-state index contributed by atoms with van der Waals surface area (Å²) in [6.45, 7) is 8.59. The summed E-state index contributed by atoms with van der Waals surface area (Å²) >= 11 is 0. The first-order chi connectivity index (χ1) is 27.4. The molecule has 0 atom stereocenters. The number of aryl methyl sites for hydroxylation is 4. The van der Waals surface area contributed by atoms with Crippen molar-refractivity contribution in [2.45, 2.75) is 66.0 Å². The van der Waals surface area contributed by atoms with Crippen LogP contribution in [0, 0.1) is 41.5 Å². The molecule has 6 rings (SSSR count). The van der Waals surface area contributed by atoms with Gasteiger partial charge in [-0.15, -0.1) is 0 Å². The number of fused-ring (bicyclic) bond motifs is 2. The second kappa shape index (κ2) is 14.8. The van der Waals surface area contributed by atoms with Crippen molar-refractivity contribution < 1.29 is 64.7 Å². The van der Waals surface area contributed by atoms with Crippen molar-refractivity contribution in [2.75, 3.05) is 5.32 Å². The number of nitrogens with two attached hydrogens (primary N) is 1. The highest BCUT2D eigenvalue weighted by atomic mass is 32.2. The van der Waals surface area contributed by atoms with E-state index in [1.54, 1.807) is 6.92 Å². The van der Waals surface area contributed by atoms with Gasteiger partial charge in [-0.2, -0.15) is 33.7 Å². The van der Waals surface area contributed by atoms with Crippen LogP contribution in [0.1, 0.15) is 33.4 Å². The number of anilines is 2. The van der Waals surface area contributed by atoms with Crippen LogP contribution >= 0.6 is 0 Å². The van der Waals surface area contributed by atoms with Crippen molar-refractivity contribution >= 4 is 78.5 Å². The van der Waals surface area contributed by atoms with Crippen LogP contribution < -0.4 is 15.8 Å². The molecule has 2 aliphatic rings. The quantitative estimate of drug-likeness (QED) is 0.0752. The number of nitrogens with one attached hydrogen (secondary N) is 1. The van der Waals surface area contributed by atoms with E-state index in [1.165, 1.54) is 65.0 Å². The molecule has 0 radical (unpaired) electrons. The maximum absolute atomic E-state index is 13.1. The SMILES string of the molecule is Cc1cc(C)c(S(=O)(=O)O)c(C)c1N=c1cc2oc3cc(Nc4c(C)cc(C)c(S(=O)(=O)O)c4C)c(S(=O)(=O)O)cc3c(-c3ccccc3S(N)(=O)=O)c-2cc1S(=O)(=O)O. The summed E-state index contributed by atoms with van der Waals surface area (Å²) in [6, 6.07) is 11.7. The highest BCUT2D eigenvalue weighted by Crippen LogP contribution is 2.46. The fourth-order valence-electron chi connectivity index (χ4n) is 7.49. The van der Waals surface area contributed by atoms with Crippen molar-refractivity contribution in [3.63, 3.8) is 0 Å². The monoisotopic (exact) mass is 921 g/mol. The van der Waals surface area contributed by atoms with Crippen LogP contribution in [0.15, 0.2) is 94.6 Å². The molecule has 4 aromatic carbocycles. The average Bonchev–Trinajstić information content (AvgIpc) is 3.07. The van der Waals surface area contributed by atoms with Gasteiger partial charge in [0.1, 0.15) is 30.9 Å². The van der Waals surface area contributed by atoms with E-state index in [-0.39, 0.29) is 67.0 Å². The van der Waals surface area contributed by atoms with Gasteiger partial charge in [-0.1, -0.05) is 30.3 Å². The molecular weight excluding hydrogens is 887 g/mol. The number of sulfonamides is 1. The molecule has 7 N–H and O–H groups in total. The molecule has 0 fully saturated rings. The van der Waals surface area contributed by atoms with E-state index in [1.807, 2.05) is 0 Å². The van der Waals surface area contributed by atoms with Gasteiger partial charge in [0.25, 0.3) is 40.5 Å². The zero-order valence-corrected chi connectivity index (χ0v) is 36.2. The summed E-state index contributed by atoms with van der Waals surface area (Å²) in [5, 5.41) is 7.63. The Bertz CT molecular complexity index is 3490. The first kappa shape index (κ1) is 44.5. The lowest BCUT2D eigenvalue weighted by Gasteiger charge is -2.21. The van der Waals surface area contributed by atoms with E-state index >= 15 is 0 Å². The number of primary sulfonamides is 1. The van der Waals surface area contributed by atoms with Gasteiger partial charge in [0, 0.05) is 39.9 Å². The maximum Gasteiger partial charge on any atom is 0.296 e. The van der Waals surface area contributed by atoms with Crippen molar-refractivity contribution in [2.24, 2.45) is 10.1 Å². The minimum absolute atomic E-state index is 0.00467. The zero-order valence-electron chi connectivity index (χ0n) is 32.1. The van der Waals surface area contributed by atoms with Crippen LogP contribution in [0.2, 0.25) is 0 Å². The second-order valence-electron chi connectivity index (χ2n) is 14.0. The van der Waals surface area contributed by atoms with Crippen molar-refractivity contribution in [3.05, 3.63) is 99.4 Å². The third-order valence-corrected chi connectivity index (χ3v) is 14.7. The van der Waals surface area contributed by atoms with Gasteiger partial charge in [0.15, 0.2) is 0 Å². The Morgan fingerprint density at radius 3 is 1.68 bits per heavy atom. The Morgan fingerprint density at radius 1 is 0.583 bits per heavy atom. The lowest BCUT2D eigenvalue weighted by atomic mass is 9.93. The predicted molar refractivity (Wildman–Crippen MR) is 219 cm³/mol. The Labute approximate surface area is 344 Å². The van der Waals surface area contributed by atoms with Gasteiger partial charge in [-0.3, -0.25) is 18.2 Å². The largest absolute Gasteiger partial charge is 0.456 e. The number of hydrogen-bond donors (Lipinski definition) is 6. The molecule has 60 heavy (non-hydrogen) atoms. The van der Waals surface area contributed by atoms with E-state index < -0.39 is 86.0 Å². The Hall–Kier alpha value is -5.08. The molecule has 318 valence electrons. The van der Waals surface area contributed by atoms with Crippen molar-refractivity contribution in [3.8, 4) is 22.5 Å². The number of benzene rings is 5. The summed E-state index contributed by atoms with van der Waals surface area (Å²) in [7, 11) is -24.7. The molecule has 1 aliphatic heterocycles. The van der Waals surface area contributed by atoms with E-state index in [0.717, 1.165) is 30.3 Å². The van der Waals surface area contributed by atoms with Crippen molar-refractivity contribution in [1.82, 2.24) is 0 Å². The highest BCUT2D eigenvalue weighted by Gasteiger charge is 2.30. The van der Waals surface area contributed by atoms with E-state index in [4.69, 9.17) is 9.56 Å². The lowest BCUT2D eigenvalue weighted by Crippen LogP contribution is -2.17. The normalized spacial score (nSPS) is 13.3. The van der Waals surface area contributed by atoms with Gasteiger partial charge < -0.3 is 9.73 Å². The molecule has 0 amide bonds. The van der Waals surface area contributed by atoms with E-state index in [2.05, 4.69) is 10.3 Å². The Balaban J connectivity index is 1.84. The summed E-state index contributed by atoms with van der Waals surface area (Å²) in [5.41, 5.74) is -0.564. The summed E-state index contributed by atoms with van der Waals surface area (Å²) < 4.78 is 175. The predicted octanol–water partition coefficient (Wildman–Crippen LogP) is 5.67.